The highest BCUT2D eigenvalue weighted by atomic mass is 79.9. The van der Waals surface area contributed by atoms with E-state index < -0.39 is 0 Å². The summed E-state index contributed by atoms with van der Waals surface area (Å²) in [6.07, 6.45) is 2.27. The lowest BCUT2D eigenvalue weighted by molar-refractivity contribution is 0.109. The van der Waals surface area contributed by atoms with Crippen LogP contribution in [0.5, 0.6) is 0 Å². The van der Waals surface area contributed by atoms with E-state index in [0.29, 0.717) is 5.92 Å². The Balaban J connectivity index is 2.13. The zero-order valence-corrected chi connectivity index (χ0v) is 11.8. The van der Waals surface area contributed by atoms with Crippen molar-refractivity contribution in [1.82, 2.24) is 0 Å². The molecule has 0 saturated heterocycles. The molecular formula is C10H12Br2OS. The van der Waals surface area contributed by atoms with Gasteiger partial charge < -0.3 is 5.11 Å². The minimum absolute atomic E-state index is 0.296. The number of thiophene rings is 1. The molecule has 1 aromatic rings. The average Bonchev–Trinajstić information content (AvgIpc) is 2.93. The van der Waals surface area contributed by atoms with E-state index >= 15 is 0 Å². The van der Waals surface area contributed by atoms with Crippen molar-refractivity contribution >= 4 is 43.2 Å². The van der Waals surface area contributed by atoms with E-state index in [0.717, 1.165) is 19.1 Å². The van der Waals surface area contributed by atoms with E-state index in [1.54, 1.807) is 11.3 Å². The predicted octanol–water partition coefficient (Wildman–Crippen LogP) is 4.35. The Morgan fingerprint density at radius 3 is 2.57 bits per heavy atom. The maximum Gasteiger partial charge on any atom is 0.0910 e. The lowest BCUT2D eigenvalue weighted by Gasteiger charge is -2.16. The molecule has 1 fully saturated rings. The highest BCUT2D eigenvalue weighted by Crippen LogP contribution is 2.45. The van der Waals surface area contributed by atoms with E-state index in [9.17, 15) is 5.11 Å². The van der Waals surface area contributed by atoms with Gasteiger partial charge in [0.1, 0.15) is 0 Å². The molecule has 1 nitrogen and oxygen atoms in total. The van der Waals surface area contributed by atoms with Gasteiger partial charge in [0, 0.05) is 9.35 Å². The van der Waals surface area contributed by atoms with Crippen LogP contribution in [0.15, 0.2) is 14.3 Å². The van der Waals surface area contributed by atoms with Gasteiger partial charge in [-0.25, -0.2) is 0 Å². The summed E-state index contributed by atoms with van der Waals surface area (Å²) in [6.45, 7) is 2.14. The quantitative estimate of drug-likeness (QED) is 0.867. The van der Waals surface area contributed by atoms with Gasteiger partial charge in [0.15, 0.2) is 0 Å². The van der Waals surface area contributed by atoms with Crippen molar-refractivity contribution in [2.24, 2.45) is 11.8 Å². The molecule has 0 aliphatic heterocycles. The Hall–Kier alpha value is 0.620. The van der Waals surface area contributed by atoms with Crippen molar-refractivity contribution in [3.05, 3.63) is 19.2 Å². The summed E-state index contributed by atoms with van der Waals surface area (Å²) >= 11 is 8.50. The second-order valence-electron chi connectivity index (χ2n) is 3.91. The van der Waals surface area contributed by atoms with Crippen LogP contribution >= 0.6 is 43.2 Å². The topological polar surface area (TPSA) is 20.2 Å². The molecule has 0 aromatic carbocycles. The van der Waals surface area contributed by atoms with Crippen molar-refractivity contribution in [2.75, 3.05) is 0 Å². The second-order valence-corrected chi connectivity index (χ2v) is 7.17. The number of rotatable bonds is 3. The fraction of sp³-hybridized carbons (Fsp3) is 0.600. The number of aliphatic hydroxyl groups excluding tert-OH is 1. The molecule has 2 rings (SSSR count). The van der Waals surface area contributed by atoms with E-state index in [4.69, 9.17) is 0 Å². The third kappa shape index (κ3) is 2.23. The normalized spacial score (nSPS) is 20.9. The molecule has 0 radical (unpaired) electrons. The molecule has 1 aliphatic rings. The van der Waals surface area contributed by atoms with E-state index in [-0.39, 0.29) is 6.10 Å². The van der Waals surface area contributed by atoms with Gasteiger partial charge in [-0.05, 0) is 62.6 Å². The number of aliphatic hydroxyl groups is 1. The summed E-state index contributed by atoms with van der Waals surface area (Å²) in [6, 6.07) is 2.01. The predicted molar refractivity (Wildman–Crippen MR) is 66.6 cm³/mol. The van der Waals surface area contributed by atoms with Crippen LogP contribution in [0.3, 0.4) is 0 Å². The first-order chi connectivity index (χ1) is 6.59. The molecule has 2 atom stereocenters. The molecule has 0 amide bonds. The Morgan fingerprint density at radius 2 is 2.14 bits per heavy atom. The van der Waals surface area contributed by atoms with Crippen LogP contribution in [-0.2, 0) is 0 Å². The minimum atomic E-state index is -0.296. The van der Waals surface area contributed by atoms with Gasteiger partial charge >= 0.3 is 0 Å². The lowest BCUT2D eigenvalue weighted by atomic mass is 9.98. The molecule has 1 saturated carbocycles. The monoisotopic (exact) mass is 338 g/mol. The van der Waals surface area contributed by atoms with E-state index in [1.807, 2.05) is 6.07 Å². The third-order valence-electron chi connectivity index (χ3n) is 2.82. The summed E-state index contributed by atoms with van der Waals surface area (Å²) in [7, 11) is 0. The largest absolute Gasteiger partial charge is 0.387 e. The molecule has 1 aromatic heterocycles. The Morgan fingerprint density at radius 1 is 1.50 bits per heavy atom. The van der Waals surface area contributed by atoms with Crippen LogP contribution < -0.4 is 0 Å². The fourth-order valence-corrected chi connectivity index (χ4v) is 3.84. The molecule has 0 bridgehead atoms. The molecule has 78 valence electrons. The Labute approximate surface area is 105 Å². The fourth-order valence-electron chi connectivity index (χ4n) is 1.65. The van der Waals surface area contributed by atoms with Crippen molar-refractivity contribution in [3.63, 3.8) is 0 Å². The second kappa shape index (κ2) is 4.24. The number of halogens is 2. The van der Waals surface area contributed by atoms with E-state index in [1.165, 1.54) is 12.8 Å². The first kappa shape index (κ1) is 11.1. The standard InChI is InChI=1S/C10H12Br2OS/c1-5(6-2-3-6)9(13)8-4-7(11)10(12)14-8/h4-6,9,13H,2-3H2,1H3. The third-order valence-corrected chi connectivity index (χ3v) is 6.15. The highest BCUT2D eigenvalue weighted by Gasteiger charge is 2.33. The van der Waals surface area contributed by atoms with Crippen LogP contribution in [0.4, 0.5) is 0 Å². The van der Waals surface area contributed by atoms with Crippen LogP contribution in [0.1, 0.15) is 30.7 Å². The summed E-state index contributed by atoms with van der Waals surface area (Å²) in [5.74, 6) is 1.14. The first-order valence-corrected chi connectivity index (χ1v) is 7.12. The molecular weight excluding hydrogens is 328 g/mol. The van der Waals surface area contributed by atoms with Gasteiger partial charge in [0.2, 0.25) is 0 Å². The van der Waals surface area contributed by atoms with Crippen LogP contribution in [-0.4, -0.2) is 5.11 Å². The molecule has 1 aliphatic carbocycles. The summed E-state index contributed by atoms with van der Waals surface area (Å²) < 4.78 is 2.11. The van der Waals surface area contributed by atoms with Gasteiger partial charge in [-0.3, -0.25) is 0 Å². The highest BCUT2D eigenvalue weighted by molar-refractivity contribution is 9.13. The van der Waals surface area contributed by atoms with Crippen molar-refractivity contribution < 1.29 is 5.11 Å². The smallest absolute Gasteiger partial charge is 0.0910 e. The Kier molecular flexibility index (Phi) is 3.37. The summed E-state index contributed by atoms with van der Waals surface area (Å²) in [4.78, 5) is 1.06. The zero-order valence-electron chi connectivity index (χ0n) is 7.84. The van der Waals surface area contributed by atoms with E-state index in [2.05, 4.69) is 38.8 Å². The molecule has 2 unspecified atom stereocenters. The lowest BCUT2D eigenvalue weighted by Crippen LogP contribution is -2.09. The summed E-state index contributed by atoms with van der Waals surface area (Å²) in [5, 5.41) is 10.1. The van der Waals surface area contributed by atoms with Crippen molar-refractivity contribution in [3.8, 4) is 0 Å². The molecule has 14 heavy (non-hydrogen) atoms. The van der Waals surface area contributed by atoms with Gasteiger partial charge in [0.25, 0.3) is 0 Å². The Bertz CT molecular complexity index is 313. The van der Waals surface area contributed by atoms with Crippen molar-refractivity contribution in [2.45, 2.75) is 25.9 Å². The zero-order chi connectivity index (χ0) is 10.3. The summed E-state index contributed by atoms with van der Waals surface area (Å²) in [5.41, 5.74) is 0. The maximum absolute atomic E-state index is 10.1. The van der Waals surface area contributed by atoms with Crippen LogP contribution in [0.2, 0.25) is 0 Å². The van der Waals surface area contributed by atoms with Crippen LogP contribution in [0.25, 0.3) is 0 Å². The van der Waals surface area contributed by atoms with Crippen molar-refractivity contribution in [1.29, 1.82) is 0 Å². The minimum Gasteiger partial charge on any atom is -0.387 e. The SMILES string of the molecule is CC(C1CC1)C(O)c1cc(Br)c(Br)s1. The molecule has 1 N–H and O–H groups in total. The maximum atomic E-state index is 10.1. The van der Waals surface area contributed by atoms with Gasteiger partial charge in [-0.1, -0.05) is 6.92 Å². The van der Waals surface area contributed by atoms with Gasteiger partial charge in [-0.15, -0.1) is 11.3 Å². The molecule has 4 heteroatoms. The molecule has 1 heterocycles. The van der Waals surface area contributed by atoms with Gasteiger partial charge in [0.05, 0.1) is 9.89 Å². The number of hydrogen-bond acceptors (Lipinski definition) is 2. The van der Waals surface area contributed by atoms with Gasteiger partial charge in [-0.2, -0.15) is 0 Å². The van der Waals surface area contributed by atoms with Crippen LogP contribution in [0, 0.1) is 11.8 Å². The first-order valence-electron chi connectivity index (χ1n) is 4.72. The number of hydrogen-bond donors (Lipinski definition) is 1. The average molecular weight is 340 g/mol. The molecule has 0 spiro atoms.